The van der Waals surface area contributed by atoms with Gasteiger partial charge in [-0.25, -0.2) is 8.78 Å². The zero-order chi connectivity index (χ0) is 15.7. The van der Waals surface area contributed by atoms with Gasteiger partial charge in [0.05, 0.1) is 5.52 Å². The second-order valence-electron chi connectivity index (χ2n) is 5.07. The lowest BCUT2D eigenvalue weighted by molar-refractivity contribution is 0.0943. The predicted molar refractivity (Wildman–Crippen MR) is 80.4 cm³/mol. The molecule has 22 heavy (non-hydrogen) atoms. The lowest BCUT2D eigenvalue weighted by atomic mass is 10.2. The summed E-state index contributed by atoms with van der Waals surface area (Å²) in [4.78, 5) is 12.3. The Labute approximate surface area is 126 Å². The fraction of sp³-hybridized carbons (Fsp3) is 0.118. The van der Waals surface area contributed by atoms with Crippen LogP contribution in [0.25, 0.3) is 10.9 Å². The summed E-state index contributed by atoms with van der Waals surface area (Å²) in [5.41, 5.74) is 1.83. The second kappa shape index (κ2) is 5.60. The van der Waals surface area contributed by atoms with Gasteiger partial charge in [0.2, 0.25) is 0 Å². The van der Waals surface area contributed by atoms with E-state index in [0.29, 0.717) is 16.6 Å². The van der Waals surface area contributed by atoms with Crippen LogP contribution in [0.15, 0.2) is 48.5 Å². The molecule has 0 aliphatic carbocycles. The minimum atomic E-state index is -0.356. The van der Waals surface area contributed by atoms with Gasteiger partial charge in [-0.1, -0.05) is 18.2 Å². The first-order valence-electron chi connectivity index (χ1n) is 6.83. The van der Waals surface area contributed by atoms with Crippen molar-refractivity contribution >= 4 is 16.8 Å². The molecule has 0 atom stereocenters. The first-order valence-corrected chi connectivity index (χ1v) is 6.83. The van der Waals surface area contributed by atoms with E-state index in [1.165, 1.54) is 24.3 Å². The maximum atomic E-state index is 13.8. The van der Waals surface area contributed by atoms with Crippen molar-refractivity contribution in [2.75, 3.05) is 0 Å². The smallest absolute Gasteiger partial charge is 0.268 e. The summed E-state index contributed by atoms with van der Waals surface area (Å²) in [6.45, 7) is 0.281. The Morgan fingerprint density at radius 1 is 1.14 bits per heavy atom. The molecule has 3 nitrogen and oxygen atoms in total. The fourth-order valence-corrected chi connectivity index (χ4v) is 2.42. The largest absolute Gasteiger partial charge is 0.347 e. The molecule has 3 aromatic rings. The third-order valence-corrected chi connectivity index (χ3v) is 3.63. The summed E-state index contributed by atoms with van der Waals surface area (Å²) in [5, 5.41) is 3.17. The van der Waals surface area contributed by atoms with E-state index in [-0.39, 0.29) is 24.1 Å². The molecule has 2 aromatic carbocycles. The topological polar surface area (TPSA) is 34.0 Å². The van der Waals surface area contributed by atoms with E-state index < -0.39 is 0 Å². The SMILES string of the molecule is Cn1c(C(=O)NCc2ccc(F)cc2)cc2c(F)cccc21. The molecule has 112 valence electrons. The van der Waals surface area contributed by atoms with Crippen LogP contribution in [-0.4, -0.2) is 10.5 Å². The maximum absolute atomic E-state index is 13.8. The van der Waals surface area contributed by atoms with Crippen LogP contribution < -0.4 is 5.32 Å². The summed E-state index contributed by atoms with van der Waals surface area (Å²) < 4.78 is 28.2. The summed E-state index contributed by atoms with van der Waals surface area (Å²) in [5.74, 6) is -0.979. The van der Waals surface area contributed by atoms with Crippen molar-refractivity contribution in [3.05, 3.63) is 71.4 Å². The first kappa shape index (κ1) is 14.3. The summed E-state index contributed by atoms with van der Waals surface area (Å²) >= 11 is 0. The van der Waals surface area contributed by atoms with E-state index >= 15 is 0 Å². The third kappa shape index (κ3) is 2.57. The number of carbonyl (C=O) groups is 1. The normalized spacial score (nSPS) is 10.9. The van der Waals surface area contributed by atoms with Gasteiger partial charge < -0.3 is 9.88 Å². The Kier molecular flexibility index (Phi) is 3.63. The van der Waals surface area contributed by atoms with Crippen LogP contribution in [0.5, 0.6) is 0 Å². The number of amides is 1. The number of nitrogens with zero attached hydrogens (tertiary/aromatic N) is 1. The number of hydrogen-bond donors (Lipinski definition) is 1. The van der Waals surface area contributed by atoms with Crippen LogP contribution in [0.1, 0.15) is 16.1 Å². The second-order valence-corrected chi connectivity index (χ2v) is 5.07. The predicted octanol–water partition coefficient (Wildman–Crippen LogP) is 3.39. The lowest BCUT2D eigenvalue weighted by Gasteiger charge is -2.06. The zero-order valence-electron chi connectivity index (χ0n) is 11.9. The Morgan fingerprint density at radius 2 is 1.86 bits per heavy atom. The van der Waals surface area contributed by atoms with Crippen molar-refractivity contribution in [2.45, 2.75) is 6.54 Å². The molecule has 0 saturated carbocycles. The van der Waals surface area contributed by atoms with Gasteiger partial charge in [-0.3, -0.25) is 4.79 Å². The third-order valence-electron chi connectivity index (χ3n) is 3.63. The molecule has 0 bridgehead atoms. The quantitative estimate of drug-likeness (QED) is 0.790. The fourth-order valence-electron chi connectivity index (χ4n) is 2.42. The van der Waals surface area contributed by atoms with Crippen molar-refractivity contribution < 1.29 is 13.6 Å². The Bertz CT molecular complexity index is 838. The van der Waals surface area contributed by atoms with E-state index in [9.17, 15) is 13.6 Å². The number of nitrogens with one attached hydrogen (secondary N) is 1. The molecule has 0 saturated heterocycles. The van der Waals surface area contributed by atoms with Crippen LogP contribution >= 0.6 is 0 Å². The Morgan fingerprint density at radius 3 is 2.55 bits per heavy atom. The molecule has 0 fully saturated rings. The van der Waals surface area contributed by atoms with E-state index in [2.05, 4.69) is 5.32 Å². The average molecular weight is 300 g/mol. The highest BCUT2D eigenvalue weighted by atomic mass is 19.1. The highest BCUT2D eigenvalue weighted by Gasteiger charge is 2.15. The molecule has 1 aromatic heterocycles. The van der Waals surface area contributed by atoms with Gasteiger partial charge in [-0.15, -0.1) is 0 Å². The lowest BCUT2D eigenvalue weighted by Crippen LogP contribution is -2.24. The standard InChI is InChI=1S/C17H14F2N2O/c1-21-15-4-2-3-14(19)13(15)9-16(21)17(22)20-10-11-5-7-12(18)8-6-11/h2-9H,10H2,1H3,(H,20,22). The van der Waals surface area contributed by atoms with Crippen LogP contribution in [-0.2, 0) is 13.6 Å². The van der Waals surface area contributed by atoms with E-state index in [4.69, 9.17) is 0 Å². The highest BCUT2D eigenvalue weighted by Crippen LogP contribution is 2.21. The van der Waals surface area contributed by atoms with Crippen molar-refractivity contribution in [2.24, 2.45) is 7.05 Å². The minimum Gasteiger partial charge on any atom is -0.347 e. The molecule has 1 N–H and O–H groups in total. The number of hydrogen-bond acceptors (Lipinski definition) is 1. The Hall–Kier alpha value is -2.69. The monoisotopic (exact) mass is 300 g/mol. The number of fused-ring (bicyclic) bond motifs is 1. The van der Waals surface area contributed by atoms with Crippen molar-refractivity contribution in [1.29, 1.82) is 0 Å². The van der Waals surface area contributed by atoms with E-state index in [0.717, 1.165) is 5.56 Å². The van der Waals surface area contributed by atoms with Crippen LogP contribution in [0.3, 0.4) is 0 Å². The molecule has 5 heteroatoms. The number of halogens is 2. The molecular weight excluding hydrogens is 286 g/mol. The number of benzene rings is 2. The van der Waals surface area contributed by atoms with Gasteiger partial charge in [0.25, 0.3) is 5.91 Å². The number of rotatable bonds is 3. The molecule has 1 heterocycles. The molecular formula is C17H14F2N2O. The molecule has 1 amide bonds. The molecule has 0 radical (unpaired) electrons. The number of aryl methyl sites for hydroxylation is 1. The molecule has 0 unspecified atom stereocenters. The van der Waals surface area contributed by atoms with Crippen molar-refractivity contribution in [3.63, 3.8) is 0 Å². The molecule has 3 rings (SSSR count). The molecule has 0 aliphatic rings. The first-order chi connectivity index (χ1) is 10.6. The number of carbonyl (C=O) groups excluding carboxylic acids is 1. The highest BCUT2D eigenvalue weighted by molar-refractivity contribution is 5.98. The Balaban J connectivity index is 1.82. The van der Waals surface area contributed by atoms with E-state index in [1.54, 1.807) is 35.9 Å². The van der Waals surface area contributed by atoms with Gasteiger partial charge in [0.1, 0.15) is 17.3 Å². The van der Waals surface area contributed by atoms with E-state index in [1.807, 2.05) is 0 Å². The summed E-state index contributed by atoms with van der Waals surface area (Å²) in [7, 11) is 1.72. The summed E-state index contributed by atoms with van der Waals surface area (Å²) in [6.07, 6.45) is 0. The molecule has 0 aliphatic heterocycles. The maximum Gasteiger partial charge on any atom is 0.268 e. The van der Waals surface area contributed by atoms with Gasteiger partial charge in [0.15, 0.2) is 0 Å². The van der Waals surface area contributed by atoms with Crippen molar-refractivity contribution in [1.82, 2.24) is 9.88 Å². The van der Waals surface area contributed by atoms with Crippen LogP contribution in [0.4, 0.5) is 8.78 Å². The molecule has 0 spiro atoms. The van der Waals surface area contributed by atoms with Crippen LogP contribution in [0.2, 0.25) is 0 Å². The summed E-state index contributed by atoms with van der Waals surface area (Å²) in [6, 6.07) is 12.2. The van der Waals surface area contributed by atoms with Crippen molar-refractivity contribution in [3.8, 4) is 0 Å². The van der Waals surface area contributed by atoms with Gasteiger partial charge in [0, 0.05) is 19.0 Å². The van der Waals surface area contributed by atoms with Crippen LogP contribution in [0, 0.1) is 11.6 Å². The van der Waals surface area contributed by atoms with Gasteiger partial charge in [-0.05, 0) is 35.9 Å². The van der Waals surface area contributed by atoms with Gasteiger partial charge >= 0.3 is 0 Å². The number of aromatic nitrogens is 1. The minimum absolute atomic E-state index is 0.281. The zero-order valence-corrected chi connectivity index (χ0v) is 11.9. The average Bonchev–Trinajstić information content (AvgIpc) is 2.85. The van der Waals surface area contributed by atoms with Gasteiger partial charge in [-0.2, -0.15) is 0 Å².